The van der Waals surface area contributed by atoms with Gasteiger partial charge in [0.25, 0.3) is 0 Å². The van der Waals surface area contributed by atoms with Crippen LogP contribution in [-0.4, -0.2) is 35.0 Å². The van der Waals surface area contributed by atoms with Gasteiger partial charge in [-0.15, -0.1) is 0 Å². The third kappa shape index (κ3) is 6.58. The first kappa shape index (κ1) is 23.4. The molecule has 0 aromatic heterocycles. The Hall–Kier alpha value is -2.89. The molecular formula is C24H32N2O4. The molecule has 0 heterocycles. The number of nitrogens with one attached hydrogen (secondary N) is 2. The Labute approximate surface area is 178 Å². The zero-order chi connectivity index (χ0) is 22.3. The van der Waals surface area contributed by atoms with Gasteiger partial charge in [-0.2, -0.15) is 0 Å². The van der Waals surface area contributed by atoms with E-state index in [-0.39, 0.29) is 24.2 Å². The van der Waals surface area contributed by atoms with E-state index in [0.29, 0.717) is 12.8 Å². The molecule has 162 valence electrons. The molecule has 0 fully saturated rings. The summed E-state index contributed by atoms with van der Waals surface area (Å²) in [4.78, 5) is 36.7. The Morgan fingerprint density at radius 3 is 2.23 bits per heavy atom. The smallest absolute Gasteiger partial charge is 0.326 e. The van der Waals surface area contributed by atoms with Gasteiger partial charge < -0.3 is 15.7 Å². The monoisotopic (exact) mass is 412 g/mol. The van der Waals surface area contributed by atoms with E-state index < -0.39 is 24.0 Å². The van der Waals surface area contributed by atoms with Crippen molar-refractivity contribution in [2.75, 3.05) is 0 Å². The van der Waals surface area contributed by atoms with Gasteiger partial charge in [-0.3, -0.25) is 9.59 Å². The molecule has 0 radical (unpaired) electrons. The van der Waals surface area contributed by atoms with Crippen molar-refractivity contribution in [3.63, 3.8) is 0 Å². The van der Waals surface area contributed by atoms with Gasteiger partial charge in [0.05, 0.1) is 0 Å². The molecule has 30 heavy (non-hydrogen) atoms. The fourth-order valence-electron chi connectivity index (χ4n) is 3.50. The number of amides is 2. The van der Waals surface area contributed by atoms with Crippen LogP contribution in [0.25, 0.3) is 10.8 Å². The van der Waals surface area contributed by atoms with Crippen molar-refractivity contribution in [3.8, 4) is 0 Å². The average molecular weight is 413 g/mol. The number of carbonyl (C=O) groups is 3. The quantitative estimate of drug-likeness (QED) is 0.556. The molecule has 0 aliphatic carbocycles. The molecule has 0 saturated carbocycles. The van der Waals surface area contributed by atoms with Crippen molar-refractivity contribution in [1.29, 1.82) is 0 Å². The predicted octanol–water partition coefficient (Wildman–Crippen LogP) is 3.53. The number of aryl methyl sites for hydroxylation is 1. The highest BCUT2D eigenvalue weighted by molar-refractivity contribution is 5.91. The number of carbonyl (C=O) groups excluding carboxylic acids is 2. The maximum absolute atomic E-state index is 12.7. The van der Waals surface area contributed by atoms with Crippen molar-refractivity contribution in [2.45, 2.75) is 59.0 Å². The van der Waals surface area contributed by atoms with Crippen LogP contribution in [-0.2, 0) is 20.8 Å². The van der Waals surface area contributed by atoms with Crippen molar-refractivity contribution in [2.24, 2.45) is 11.8 Å². The third-order valence-electron chi connectivity index (χ3n) is 5.09. The first-order valence-corrected chi connectivity index (χ1v) is 10.5. The lowest BCUT2D eigenvalue weighted by atomic mass is 9.99. The fourth-order valence-corrected chi connectivity index (χ4v) is 3.50. The van der Waals surface area contributed by atoms with Gasteiger partial charge in [-0.1, -0.05) is 70.2 Å². The first-order valence-electron chi connectivity index (χ1n) is 10.5. The Balaban J connectivity index is 2.03. The number of carboxylic acids is 1. The highest BCUT2D eigenvalue weighted by Gasteiger charge is 2.28. The number of carboxylic acid groups (broad SMARTS) is 1. The lowest BCUT2D eigenvalue weighted by Crippen LogP contribution is -2.53. The fraction of sp³-hybridized carbons (Fsp3) is 0.458. The summed E-state index contributed by atoms with van der Waals surface area (Å²) in [5, 5.41) is 17.0. The Bertz CT molecular complexity index is 886. The lowest BCUT2D eigenvalue weighted by molar-refractivity contribution is -0.143. The van der Waals surface area contributed by atoms with Crippen molar-refractivity contribution in [3.05, 3.63) is 48.0 Å². The summed E-state index contributed by atoms with van der Waals surface area (Å²) in [6, 6.07) is 12.3. The van der Waals surface area contributed by atoms with Crippen LogP contribution in [0.1, 0.15) is 46.1 Å². The number of benzene rings is 2. The van der Waals surface area contributed by atoms with Crippen molar-refractivity contribution >= 4 is 28.6 Å². The van der Waals surface area contributed by atoms with Gasteiger partial charge in [0.15, 0.2) is 0 Å². The van der Waals surface area contributed by atoms with E-state index >= 15 is 0 Å². The first-order chi connectivity index (χ1) is 14.2. The highest BCUT2D eigenvalue weighted by atomic mass is 16.4. The summed E-state index contributed by atoms with van der Waals surface area (Å²) in [7, 11) is 0. The number of hydrogen-bond acceptors (Lipinski definition) is 3. The minimum absolute atomic E-state index is 0.168. The molecular weight excluding hydrogens is 380 g/mol. The molecule has 0 aliphatic heterocycles. The molecule has 6 heteroatoms. The summed E-state index contributed by atoms with van der Waals surface area (Å²) < 4.78 is 0. The Morgan fingerprint density at radius 2 is 1.60 bits per heavy atom. The Kier molecular flexibility index (Phi) is 8.39. The zero-order valence-electron chi connectivity index (χ0n) is 18.1. The van der Waals surface area contributed by atoms with E-state index in [0.717, 1.165) is 16.3 Å². The molecule has 2 rings (SSSR count). The minimum atomic E-state index is -1.08. The van der Waals surface area contributed by atoms with Crippen molar-refractivity contribution < 1.29 is 19.5 Å². The van der Waals surface area contributed by atoms with E-state index in [1.165, 1.54) is 0 Å². The van der Waals surface area contributed by atoms with Crippen LogP contribution in [0.4, 0.5) is 0 Å². The molecule has 0 saturated heterocycles. The van der Waals surface area contributed by atoms with Crippen LogP contribution < -0.4 is 10.6 Å². The summed E-state index contributed by atoms with van der Waals surface area (Å²) in [6.45, 7) is 7.39. The predicted molar refractivity (Wildman–Crippen MR) is 118 cm³/mol. The molecule has 2 atom stereocenters. The van der Waals surface area contributed by atoms with Gasteiger partial charge in [-0.05, 0) is 41.0 Å². The van der Waals surface area contributed by atoms with Crippen LogP contribution in [0.5, 0.6) is 0 Å². The average Bonchev–Trinajstić information content (AvgIpc) is 2.68. The number of rotatable bonds is 10. The summed E-state index contributed by atoms with van der Waals surface area (Å²) in [6.07, 6.45) is 1.26. The van der Waals surface area contributed by atoms with Crippen LogP contribution in [0, 0.1) is 11.8 Å². The van der Waals surface area contributed by atoms with E-state index in [4.69, 9.17) is 0 Å². The largest absolute Gasteiger partial charge is 0.480 e. The van der Waals surface area contributed by atoms with E-state index in [9.17, 15) is 19.5 Å². The lowest BCUT2D eigenvalue weighted by Gasteiger charge is -2.24. The van der Waals surface area contributed by atoms with Crippen molar-refractivity contribution in [1.82, 2.24) is 10.6 Å². The number of hydrogen-bond donors (Lipinski definition) is 3. The van der Waals surface area contributed by atoms with E-state index in [2.05, 4.69) is 10.6 Å². The molecule has 0 spiro atoms. The van der Waals surface area contributed by atoms with Crippen LogP contribution in [0.3, 0.4) is 0 Å². The molecule has 2 aromatic carbocycles. The SMILES string of the molecule is CC(C)C[C@H](NC(=O)CCc1cccc2ccccc12)C(=O)N[C@H](C(=O)O)C(C)C. The highest BCUT2D eigenvalue weighted by Crippen LogP contribution is 2.19. The van der Waals surface area contributed by atoms with Gasteiger partial charge >= 0.3 is 5.97 Å². The second kappa shape index (κ2) is 10.8. The molecule has 3 N–H and O–H groups in total. The second-order valence-electron chi connectivity index (χ2n) is 8.46. The van der Waals surface area contributed by atoms with Crippen LogP contribution in [0.2, 0.25) is 0 Å². The van der Waals surface area contributed by atoms with Gasteiger partial charge in [0, 0.05) is 6.42 Å². The molecule has 0 aliphatic rings. The van der Waals surface area contributed by atoms with Gasteiger partial charge in [-0.25, -0.2) is 4.79 Å². The van der Waals surface area contributed by atoms with Crippen LogP contribution in [0.15, 0.2) is 42.5 Å². The molecule has 2 aromatic rings. The summed E-state index contributed by atoms with van der Waals surface area (Å²) >= 11 is 0. The maximum atomic E-state index is 12.7. The molecule has 0 unspecified atom stereocenters. The molecule has 6 nitrogen and oxygen atoms in total. The Morgan fingerprint density at radius 1 is 0.933 bits per heavy atom. The van der Waals surface area contributed by atoms with Gasteiger partial charge in [0.2, 0.25) is 11.8 Å². The minimum Gasteiger partial charge on any atom is -0.480 e. The summed E-state index contributed by atoms with van der Waals surface area (Å²) in [5.41, 5.74) is 1.08. The third-order valence-corrected chi connectivity index (χ3v) is 5.09. The normalized spacial score (nSPS) is 13.3. The number of aliphatic carboxylic acids is 1. The topological polar surface area (TPSA) is 95.5 Å². The standard InChI is InChI=1S/C24H32N2O4/c1-15(2)14-20(23(28)26-22(16(3)4)24(29)30)25-21(27)13-12-18-10-7-9-17-8-5-6-11-19(17)18/h5-11,15-16,20,22H,12-14H2,1-4H3,(H,25,27)(H,26,28)(H,29,30)/t20-,22-/m0/s1. The van der Waals surface area contributed by atoms with Gasteiger partial charge in [0.1, 0.15) is 12.1 Å². The summed E-state index contributed by atoms with van der Waals surface area (Å²) in [5.74, 6) is -1.85. The van der Waals surface area contributed by atoms with Crippen LogP contribution >= 0.6 is 0 Å². The van der Waals surface area contributed by atoms with E-state index in [1.807, 2.05) is 56.3 Å². The second-order valence-corrected chi connectivity index (χ2v) is 8.46. The van der Waals surface area contributed by atoms with E-state index in [1.54, 1.807) is 13.8 Å². The zero-order valence-corrected chi connectivity index (χ0v) is 18.1. The maximum Gasteiger partial charge on any atom is 0.326 e. The molecule has 0 bridgehead atoms. The number of fused-ring (bicyclic) bond motifs is 1. The molecule has 2 amide bonds.